The van der Waals surface area contributed by atoms with Crippen LogP contribution >= 0.6 is 23.2 Å². The van der Waals surface area contributed by atoms with Gasteiger partial charge < -0.3 is 9.47 Å². The summed E-state index contributed by atoms with van der Waals surface area (Å²) in [7, 11) is -3.77. The highest BCUT2D eigenvalue weighted by Crippen LogP contribution is 2.26. The van der Waals surface area contributed by atoms with Gasteiger partial charge in [-0.2, -0.15) is 0 Å². The van der Waals surface area contributed by atoms with Crippen molar-refractivity contribution in [1.29, 1.82) is 0 Å². The van der Waals surface area contributed by atoms with E-state index in [1.165, 1.54) is 24.3 Å². The van der Waals surface area contributed by atoms with Crippen molar-refractivity contribution in [2.45, 2.75) is 37.1 Å². The van der Waals surface area contributed by atoms with Crippen LogP contribution in [0.4, 0.5) is 5.69 Å². The van der Waals surface area contributed by atoms with Crippen molar-refractivity contribution in [2.75, 3.05) is 11.3 Å². The van der Waals surface area contributed by atoms with E-state index in [9.17, 15) is 8.42 Å². The van der Waals surface area contributed by atoms with Crippen molar-refractivity contribution < 1.29 is 17.9 Å². The second-order valence-electron chi connectivity index (χ2n) is 5.97. The number of sulfonamides is 1. The van der Waals surface area contributed by atoms with Gasteiger partial charge in [0.1, 0.15) is 0 Å². The Kier molecular flexibility index (Phi) is 6.42. The highest BCUT2D eigenvalue weighted by molar-refractivity contribution is 7.92. The van der Waals surface area contributed by atoms with Gasteiger partial charge in [-0.15, -0.1) is 0 Å². The van der Waals surface area contributed by atoms with E-state index in [-0.39, 0.29) is 17.8 Å². The number of benzene rings is 2. The molecule has 1 fully saturated rings. The lowest BCUT2D eigenvalue weighted by Gasteiger charge is -2.23. The highest BCUT2D eigenvalue weighted by Gasteiger charge is 2.18. The van der Waals surface area contributed by atoms with Crippen LogP contribution < -0.4 is 4.72 Å². The van der Waals surface area contributed by atoms with E-state index in [2.05, 4.69) is 4.72 Å². The van der Waals surface area contributed by atoms with Gasteiger partial charge in [0.15, 0.2) is 6.29 Å². The summed E-state index contributed by atoms with van der Waals surface area (Å²) < 4.78 is 39.1. The monoisotopic (exact) mass is 415 g/mol. The summed E-state index contributed by atoms with van der Waals surface area (Å²) in [5.41, 5.74) is 1.06. The molecule has 0 bridgehead atoms. The molecule has 0 saturated carbocycles. The topological polar surface area (TPSA) is 64.6 Å². The Morgan fingerprint density at radius 1 is 1.08 bits per heavy atom. The predicted octanol–water partition coefficient (Wildman–Crippen LogP) is 4.84. The smallest absolute Gasteiger partial charge is 0.261 e. The number of ether oxygens (including phenoxy) is 2. The standard InChI is InChI=1S/C18H19Cl2NO4S/c19-14-6-8-16(9-7-14)26(22,23)21-17-11-15(20)5-4-13(17)12-25-18-3-1-2-10-24-18/h4-9,11,18,21H,1-3,10,12H2/t18-/m0/s1. The van der Waals surface area contributed by atoms with E-state index in [0.29, 0.717) is 27.9 Å². The van der Waals surface area contributed by atoms with Crippen LogP contribution in [0.15, 0.2) is 47.4 Å². The van der Waals surface area contributed by atoms with Crippen LogP contribution in [0, 0.1) is 0 Å². The first-order valence-corrected chi connectivity index (χ1v) is 10.5. The quantitative estimate of drug-likeness (QED) is 0.732. The first-order chi connectivity index (χ1) is 12.4. The molecule has 5 nitrogen and oxygen atoms in total. The Morgan fingerprint density at radius 2 is 1.81 bits per heavy atom. The van der Waals surface area contributed by atoms with Gasteiger partial charge in [0.05, 0.1) is 17.2 Å². The molecule has 26 heavy (non-hydrogen) atoms. The molecular formula is C18H19Cl2NO4S. The third-order valence-corrected chi connectivity index (χ3v) is 5.87. The van der Waals surface area contributed by atoms with Gasteiger partial charge in [0.2, 0.25) is 0 Å². The minimum atomic E-state index is -3.77. The Balaban J connectivity index is 1.77. The molecule has 2 aromatic rings. The Morgan fingerprint density at radius 3 is 2.50 bits per heavy atom. The number of nitrogens with one attached hydrogen (secondary N) is 1. The maximum absolute atomic E-state index is 12.6. The summed E-state index contributed by atoms with van der Waals surface area (Å²) in [6.07, 6.45) is 2.66. The van der Waals surface area contributed by atoms with Gasteiger partial charge >= 0.3 is 0 Å². The summed E-state index contributed by atoms with van der Waals surface area (Å²) in [6.45, 7) is 0.904. The van der Waals surface area contributed by atoms with Gasteiger partial charge in [0, 0.05) is 22.2 Å². The maximum atomic E-state index is 12.6. The van der Waals surface area contributed by atoms with Gasteiger partial charge in [-0.3, -0.25) is 4.72 Å². The van der Waals surface area contributed by atoms with Gasteiger partial charge in [-0.25, -0.2) is 8.42 Å². The highest BCUT2D eigenvalue weighted by atomic mass is 35.5. The van der Waals surface area contributed by atoms with Crippen molar-refractivity contribution in [1.82, 2.24) is 0 Å². The molecule has 1 N–H and O–H groups in total. The molecule has 1 heterocycles. The normalized spacial score (nSPS) is 17.8. The van der Waals surface area contributed by atoms with Crippen molar-refractivity contribution >= 4 is 38.9 Å². The SMILES string of the molecule is O=S(=O)(Nc1cc(Cl)ccc1CO[C@H]1CCCCO1)c1ccc(Cl)cc1. The third-order valence-electron chi connectivity index (χ3n) is 4.00. The van der Waals surface area contributed by atoms with Gasteiger partial charge in [-0.1, -0.05) is 29.3 Å². The number of anilines is 1. The molecule has 3 rings (SSSR count). The molecule has 0 aliphatic carbocycles. The molecule has 1 aliphatic heterocycles. The average molecular weight is 416 g/mol. The van der Waals surface area contributed by atoms with Crippen LogP contribution in [0.1, 0.15) is 24.8 Å². The lowest BCUT2D eigenvalue weighted by atomic mass is 10.2. The molecule has 1 aliphatic rings. The fourth-order valence-electron chi connectivity index (χ4n) is 2.61. The van der Waals surface area contributed by atoms with Crippen molar-refractivity contribution in [3.8, 4) is 0 Å². The summed E-state index contributed by atoms with van der Waals surface area (Å²) in [4.78, 5) is 0.115. The molecule has 0 amide bonds. The molecule has 0 spiro atoms. The molecule has 1 atom stereocenters. The Hall–Kier alpha value is -1.31. The fourth-order valence-corrected chi connectivity index (χ4v) is 4.00. The summed E-state index contributed by atoms with van der Waals surface area (Å²) in [5.74, 6) is 0. The van der Waals surface area contributed by atoms with Crippen LogP contribution in [-0.4, -0.2) is 21.3 Å². The minimum absolute atomic E-state index is 0.115. The summed E-state index contributed by atoms with van der Waals surface area (Å²) in [5, 5.41) is 0.893. The zero-order valence-electron chi connectivity index (χ0n) is 14.0. The maximum Gasteiger partial charge on any atom is 0.261 e. The summed E-state index contributed by atoms with van der Waals surface area (Å²) in [6, 6.07) is 10.9. The van der Waals surface area contributed by atoms with Crippen LogP contribution in [0.25, 0.3) is 0 Å². The number of rotatable bonds is 6. The Labute approximate surface area is 163 Å². The van der Waals surface area contributed by atoms with Crippen LogP contribution in [0.3, 0.4) is 0 Å². The van der Waals surface area contributed by atoms with E-state index in [0.717, 1.165) is 19.3 Å². The second-order valence-corrected chi connectivity index (χ2v) is 8.52. The zero-order chi connectivity index (χ0) is 18.6. The van der Waals surface area contributed by atoms with E-state index in [1.807, 2.05) is 0 Å². The minimum Gasteiger partial charge on any atom is -0.353 e. The molecule has 0 unspecified atom stereocenters. The van der Waals surface area contributed by atoms with Crippen molar-refractivity contribution in [3.05, 3.63) is 58.1 Å². The molecule has 8 heteroatoms. The van der Waals surface area contributed by atoms with Crippen LogP contribution in [0.2, 0.25) is 10.0 Å². The molecule has 140 valence electrons. The molecule has 1 saturated heterocycles. The van der Waals surface area contributed by atoms with Crippen molar-refractivity contribution in [2.24, 2.45) is 0 Å². The fraction of sp³-hybridized carbons (Fsp3) is 0.333. The first kappa shape index (κ1) is 19.5. The largest absolute Gasteiger partial charge is 0.353 e. The van der Waals surface area contributed by atoms with Gasteiger partial charge in [-0.05, 0) is 55.7 Å². The van der Waals surface area contributed by atoms with Crippen LogP contribution in [-0.2, 0) is 26.1 Å². The predicted molar refractivity (Wildman–Crippen MR) is 102 cm³/mol. The van der Waals surface area contributed by atoms with Gasteiger partial charge in [0.25, 0.3) is 10.0 Å². The Bertz CT molecular complexity index is 850. The molecule has 0 aromatic heterocycles. The summed E-state index contributed by atoms with van der Waals surface area (Å²) >= 11 is 11.9. The van der Waals surface area contributed by atoms with E-state index in [4.69, 9.17) is 32.7 Å². The average Bonchev–Trinajstić information content (AvgIpc) is 2.62. The third kappa shape index (κ3) is 5.11. The number of hydrogen-bond acceptors (Lipinski definition) is 4. The van der Waals surface area contributed by atoms with E-state index >= 15 is 0 Å². The molecule has 0 radical (unpaired) electrons. The molecular weight excluding hydrogens is 397 g/mol. The lowest BCUT2D eigenvalue weighted by Crippen LogP contribution is -2.22. The zero-order valence-corrected chi connectivity index (χ0v) is 16.3. The van der Waals surface area contributed by atoms with Crippen molar-refractivity contribution in [3.63, 3.8) is 0 Å². The first-order valence-electron chi connectivity index (χ1n) is 8.24. The number of hydrogen-bond donors (Lipinski definition) is 1. The second kappa shape index (κ2) is 8.59. The van der Waals surface area contributed by atoms with Crippen LogP contribution in [0.5, 0.6) is 0 Å². The number of halogens is 2. The van der Waals surface area contributed by atoms with E-state index in [1.54, 1.807) is 18.2 Å². The molecule has 2 aromatic carbocycles. The lowest BCUT2D eigenvalue weighted by molar-refractivity contribution is -0.168. The van der Waals surface area contributed by atoms with E-state index < -0.39 is 10.0 Å².